The number of aliphatic carboxylic acids is 2. The van der Waals surface area contributed by atoms with Crippen LogP contribution < -0.4 is 5.32 Å². The fourth-order valence-corrected chi connectivity index (χ4v) is 1.36. The lowest BCUT2D eigenvalue weighted by molar-refractivity contribution is -0.146. The molecule has 0 saturated carbocycles. The van der Waals surface area contributed by atoms with Crippen molar-refractivity contribution in [2.24, 2.45) is 0 Å². The molecule has 1 saturated heterocycles. The van der Waals surface area contributed by atoms with Gasteiger partial charge in [0.2, 0.25) is 0 Å². The van der Waals surface area contributed by atoms with Gasteiger partial charge in [-0.3, -0.25) is 14.9 Å². The van der Waals surface area contributed by atoms with E-state index in [9.17, 15) is 14.7 Å². The molecular weight excluding hydrogens is 178 g/mol. The average Bonchev–Trinajstić information content (AvgIpc) is 2.03. The summed E-state index contributed by atoms with van der Waals surface area (Å²) in [6.45, 7) is 0. The van der Waals surface area contributed by atoms with Crippen molar-refractivity contribution in [2.45, 2.75) is 31.0 Å². The summed E-state index contributed by atoms with van der Waals surface area (Å²) in [5.41, 5.74) is 0. The van der Waals surface area contributed by atoms with Crippen molar-refractivity contribution >= 4 is 11.9 Å². The Bertz CT molecular complexity index is 207. The Labute approximate surface area is 74.2 Å². The molecule has 13 heavy (non-hydrogen) atoms. The molecule has 1 rings (SSSR count). The van der Waals surface area contributed by atoms with E-state index >= 15 is 0 Å². The molecule has 0 aliphatic carbocycles. The van der Waals surface area contributed by atoms with Crippen molar-refractivity contribution in [1.29, 1.82) is 0 Å². The van der Waals surface area contributed by atoms with Gasteiger partial charge in [-0.1, -0.05) is 0 Å². The van der Waals surface area contributed by atoms with Gasteiger partial charge in [-0.2, -0.15) is 0 Å². The number of carboxylic acid groups (broad SMARTS) is 2. The van der Waals surface area contributed by atoms with Gasteiger partial charge >= 0.3 is 11.9 Å². The third kappa shape index (κ3) is 2.40. The number of piperidine rings is 1. The summed E-state index contributed by atoms with van der Waals surface area (Å²) in [7, 11) is 0. The molecule has 0 amide bonds. The van der Waals surface area contributed by atoms with Gasteiger partial charge in [0.1, 0.15) is 12.1 Å². The fraction of sp³-hybridized carbons (Fsp3) is 0.714. The number of carbonyl (C=O) groups is 2. The summed E-state index contributed by atoms with van der Waals surface area (Å²) in [5.74, 6) is -2.27. The van der Waals surface area contributed by atoms with E-state index in [4.69, 9.17) is 10.2 Å². The molecule has 2 unspecified atom stereocenters. The molecule has 6 nitrogen and oxygen atoms in total. The van der Waals surface area contributed by atoms with E-state index < -0.39 is 30.1 Å². The molecule has 0 spiro atoms. The van der Waals surface area contributed by atoms with Crippen molar-refractivity contribution in [3.63, 3.8) is 0 Å². The summed E-state index contributed by atoms with van der Waals surface area (Å²) in [5, 5.41) is 28.8. The zero-order chi connectivity index (χ0) is 10.0. The predicted molar refractivity (Wildman–Crippen MR) is 41.2 cm³/mol. The van der Waals surface area contributed by atoms with Crippen LogP contribution in [0.2, 0.25) is 0 Å². The Kier molecular flexibility index (Phi) is 2.84. The summed E-state index contributed by atoms with van der Waals surface area (Å²) < 4.78 is 0. The molecule has 0 aromatic heterocycles. The van der Waals surface area contributed by atoms with Crippen molar-refractivity contribution < 1.29 is 24.9 Å². The summed E-state index contributed by atoms with van der Waals surface area (Å²) in [6.07, 6.45) is -0.749. The number of carboxylic acids is 2. The molecule has 1 aliphatic rings. The molecular formula is C7H11NO5. The minimum Gasteiger partial charge on any atom is -0.480 e. The van der Waals surface area contributed by atoms with Crippen LogP contribution in [0.5, 0.6) is 0 Å². The maximum atomic E-state index is 10.5. The number of rotatable bonds is 2. The lowest BCUT2D eigenvalue weighted by Gasteiger charge is -2.29. The third-order valence-corrected chi connectivity index (χ3v) is 2.01. The first-order valence-electron chi connectivity index (χ1n) is 3.90. The van der Waals surface area contributed by atoms with Crippen molar-refractivity contribution in [3.8, 4) is 0 Å². The zero-order valence-corrected chi connectivity index (χ0v) is 6.80. The Morgan fingerprint density at radius 1 is 1.08 bits per heavy atom. The SMILES string of the molecule is O=C(O)C1CC(O)CC(C(=O)O)N1. The van der Waals surface area contributed by atoms with E-state index in [-0.39, 0.29) is 12.8 Å². The van der Waals surface area contributed by atoms with Crippen molar-refractivity contribution in [1.82, 2.24) is 5.32 Å². The Balaban J connectivity index is 2.62. The van der Waals surface area contributed by atoms with Gasteiger partial charge in [-0.15, -0.1) is 0 Å². The van der Waals surface area contributed by atoms with Gasteiger partial charge in [0.15, 0.2) is 0 Å². The lowest BCUT2D eigenvalue weighted by Crippen LogP contribution is -2.54. The molecule has 1 aliphatic heterocycles. The topological polar surface area (TPSA) is 107 Å². The number of aliphatic hydroxyl groups excluding tert-OH is 1. The van der Waals surface area contributed by atoms with Crippen LogP contribution in [0.4, 0.5) is 0 Å². The van der Waals surface area contributed by atoms with Gasteiger partial charge in [-0.25, -0.2) is 0 Å². The molecule has 2 atom stereocenters. The van der Waals surface area contributed by atoms with Crippen LogP contribution in [-0.2, 0) is 9.59 Å². The van der Waals surface area contributed by atoms with Crippen LogP contribution in [0.15, 0.2) is 0 Å². The van der Waals surface area contributed by atoms with E-state index in [0.717, 1.165) is 0 Å². The quantitative estimate of drug-likeness (QED) is 0.427. The second-order valence-corrected chi connectivity index (χ2v) is 3.07. The lowest BCUT2D eigenvalue weighted by atomic mass is 9.96. The number of nitrogens with one attached hydrogen (secondary N) is 1. The van der Waals surface area contributed by atoms with E-state index in [1.807, 2.05) is 0 Å². The molecule has 0 aromatic rings. The van der Waals surface area contributed by atoms with E-state index in [1.54, 1.807) is 0 Å². The second-order valence-electron chi connectivity index (χ2n) is 3.07. The predicted octanol–water partition coefficient (Wildman–Crippen LogP) is -1.36. The number of hydrogen-bond acceptors (Lipinski definition) is 4. The van der Waals surface area contributed by atoms with Crippen LogP contribution in [0.3, 0.4) is 0 Å². The summed E-state index contributed by atoms with van der Waals surface area (Å²) in [4.78, 5) is 21.0. The normalized spacial score (nSPS) is 34.1. The van der Waals surface area contributed by atoms with Crippen LogP contribution in [0, 0.1) is 0 Å². The Morgan fingerprint density at radius 3 is 1.77 bits per heavy atom. The highest BCUT2D eigenvalue weighted by molar-refractivity contribution is 5.78. The molecule has 74 valence electrons. The largest absolute Gasteiger partial charge is 0.480 e. The first-order valence-corrected chi connectivity index (χ1v) is 3.90. The van der Waals surface area contributed by atoms with Crippen molar-refractivity contribution in [2.75, 3.05) is 0 Å². The Hall–Kier alpha value is -1.14. The maximum Gasteiger partial charge on any atom is 0.320 e. The standard InChI is InChI=1S/C7H11NO5/c9-3-1-4(6(10)11)8-5(2-3)7(12)13/h3-5,8-9H,1-2H2,(H,10,11)(H,12,13). The fourth-order valence-electron chi connectivity index (χ4n) is 1.36. The monoisotopic (exact) mass is 189 g/mol. The van der Waals surface area contributed by atoms with E-state index in [1.165, 1.54) is 0 Å². The molecule has 0 radical (unpaired) electrons. The maximum absolute atomic E-state index is 10.5. The minimum atomic E-state index is -1.13. The average molecular weight is 189 g/mol. The van der Waals surface area contributed by atoms with E-state index in [2.05, 4.69) is 5.32 Å². The highest BCUT2D eigenvalue weighted by Gasteiger charge is 2.34. The first-order chi connectivity index (χ1) is 6.00. The second kappa shape index (κ2) is 3.71. The number of hydrogen-bond donors (Lipinski definition) is 4. The highest BCUT2D eigenvalue weighted by atomic mass is 16.4. The highest BCUT2D eigenvalue weighted by Crippen LogP contribution is 2.13. The van der Waals surface area contributed by atoms with Crippen LogP contribution >= 0.6 is 0 Å². The summed E-state index contributed by atoms with van der Waals surface area (Å²) >= 11 is 0. The minimum absolute atomic E-state index is 0.0547. The van der Waals surface area contributed by atoms with Gasteiger partial charge in [0, 0.05) is 0 Å². The van der Waals surface area contributed by atoms with Gasteiger partial charge in [-0.05, 0) is 12.8 Å². The van der Waals surface area contributed by atoms with Crippen molar-refractivity contribution in [3.05, 3.63) is 0 Å². The van der Waals surface area contributed by atoms with Gasteiger partial charge in [0.05, 0.1) is 6.10 Å². The molecule has 0 bridgehead atoms. The molecule has 4 N–H and O–H groups in total. The van der Waals surface area contributed by atoms with Crippen LogP contribution in [-0.4, -0.2) is 45.4 Å². The van der Waals surface area contributed by atoms with Gasteiger partial charge in [0.25, 0.3) is 0 Å². The third-order valence-electron chi connectivity index (χ3n) is 2.01. The molecule has 0 aromatic carbocycles. The van der Waals surface area contributed by atoms with Crippen LogP contribution in [0.1, 0.15) is 12.8 Å². The molecule has 6 heteroatoms. The Morgan fingerprint density at radius 2 is 1.46 bits per heavy atom. The molecule has 1 heterocycles. The van der Waals surface area contributed by atoms with Crippen LogP contribution in [0.25, 0.3) is 0 Å². The van der Waals surface area contributed by atoms with Gasteiger partial charge < -0.3 is 15.3 Å². The summed E-state index contributed by atoms with van der Waals surface area (Å²) in [6, 6.07) is -1.94. The zero-order valence-electron chi connectivity index (χ0n) is 6.80. The number of aliphatic hydroxyl groups is 1. The van der Waals surface area contributed by atoms with E-state index in [0.29, 0.717) is 0 Å². The first kappa shape index (κ1) is 9.94. The smallest absolute Gasteiger partial charge is 0.320 e. The molecule has 1 fully saturated rings.